The van der Waals surface area contributed by atoms with Crippen molar-refractivity contribution in [1.82, 2.24) is 20.3 Å². The topological polar surface area (TPSA) is 103 Å². The number of amides is 2. The average molecular weight is 276 g/mol. The minimum Gasteiger partial charge on any atom is -0.368 e. The highest BCUT2D eigenvalue weighted by atomic mass is 79.9. The maximum absolute atomic E-state index is 11.6. The van der Waals surface area contributed by atoms with Gasteiger partial charge in [-0.3, -0.25) is 9.59 Å². The van der Waals surface area contributed by atoms with Gasteiger partial charge in [0, 0.05) is 7.05 Å². The van der Waals surface area contributed by atoms with Gasteiger partial charge in [-0.05, 0) is 22.9 Å². The second-order valence-corrected chi connectivity index (χ2v) is 3.70. The Balaban J connectivity index is 2.82. The Labute approximate surface area is 94.1 Å². The lowest BCUT2D eigenvalue weighted by Gasteiger charge is -2.09. The highest BCUT2D eigenvalue weighted by molar-refractivity contribution is 9.10. The molecule has 82 valence electrons. The third kappa shape index (κ3) is 2.52. The van der Waals surface area contributed by atoms with Crippen molar-refractivity contribution in [1.29, 1.82) is 0 Å². The molecule has 0 radical (unpaired) electrons. The first-order chi connectivity index (χ1) is 6.93. The van der Waals surface area contributed by atoms with E-state index in [0.717, 1.165) is 0 Å². The lowest BCUT2D eigenvalue weighted by Crippen LogP contribution is -2.42. The normalized spacial score (nSPS) is 12.2. The highest BCUT2D eigenvalue weighted by Gasteiger charge is 2.20. The van der Waals surface area contributed by atoms with Gasteiger partial charge in [-0.1, -0.05) is 5.21 Å². The first-order valence-corrected chi connectivity index (χ1v) is 4.88. The van der Waals surface area contributed by atoms with Crippen molar-refractivity contribution in [3.05, 3.63) is 10.3 Å². The van der Waals surface area contributed by atoms with E-state index < -0.39 is 17.9 Å². The summed E-state index contributed by atoms with van der Waals surface area (Å²) in [5, 5.41) is 9.69. The Morgan fingerprint density at radius 1 is 1.60 bits per heavy atom. The maximum atomic E-state index is 11.6. The molecule has 1 aromatic heterocycles. The van der Waals surface area contributed by atoms with E-state index in [2.05, 4.69) is 31.6 Å². The summed E-state index contributed by atoms with van der Waals surface area (Å²) in [4.78, 5) is 22.3. The van der Waals surface area contributed by atoms with Crippen LogP contribution in [0.2, 0.25) is 0 Å². The summed E-state index contributed by atoms with van der Waals surface area (Å²) >= 11 is 3.07. The molecule has 0 saturated heterocycles. The molecule has 7 nitrogen and oxygen atoms in total. The zero-order chi connectivity index (χ0) is 11.6. The molecule has 1 rings (SSSR count). The number of aryl methyl sites for hydroxylation is 1. The molecule has 0 aliphatic carbocycles. The predicted octanol–water partition coefficient (Wildman–Crippen LogP) is -0.819. The standard InChI is InChI=1S/C7H10BrN5O2/c1-3(6(9)14)10-7(15)4-5(8)11-12-13(4)2/h3H,1-2H3,(H2,9,14)(H,10,15)/t3-/m0/s1. The van der Waals surface area contributed by atoms with Crippen molar-refractivity contribution in [2.45, 2.75) is 13.0 Å². The van der Waals surface area contributed by atoms with Crippen LogP contribution >= 0.6 is 15.9 Å². The first kappa shape index (κ1) is 11.6. The van der Waals surface area contributed by atoms with Crippen LogP contribution in [0.4, 0.5) is 0 Å². The summed E-state index contributed by atoms with van der Waals surface area (Å²) in [6.45, 7) is 1.50. The Kier molecular flexibility index (Phi) is 3.40. The number of carbonyl (C=O) groups excluding carboxylic acids is 2. The first-order valence-electron chi connectivity index (χ1n) is 4.09. The van der Waals surface area contributed by atoms with Crippen molar-refractivity contribution in [2.75, 3.05) is 0 Å². The molecule has 0 aromatic carbocycles. The third-order valence-electron chi connectivity index (χ3n) is 1.78. The number of hydrogen-bond donors (Lipinski definition) is 2. The van der Waals surface area contributed by atoms with Crippen molar-refractivity contribution in [3.8, 4) is 0 Å². The number of primary amides is 1. The van der Waals surface area contributed by atoms with Gasteiger partial charge in [-0.15, -0.1) is 5.10 Å². The lowest BCUT2D eigenvalue weighted by molar-refractivity contribution is -0.119. The Morgan fingerprint density at radius 2 is 2.20 bits per heavy atom. The number of rotatable bonds is 3. The van der Waals surface area contributed by atoms with E-state index >= 15 is 0 Å². The largest absolute Gasteiger partial charge is 0.368 e. The minimum atomic E-state index is -0.737. The summed E-state index contributed by atoms with van der Waals surface area (Å²) in [5.41, 5.74) is 5.25. The van der Waals surface area contributed by atoms with Gasteiger partial charge in [0.2, 0.25) is 5.91 Å². The van der Waals surface area contributed by atoms with E-state index in [1.165, 1.54) is 11.6 Å². The molecule has 0 aliphatic heterocycles. The van der Waals surface area contributed by atoms with E-state index in [0.29, 0.717) is 4.60 Å². The molecule has 1 heterocycles. The van der Waals surface area contributed by atoms with Crippen LogP contribution in [-0.2, 0) is 11.8 Å². The molecule has 0 unspecified atom stereocenters. The van der Waals surface area contributed by atoms with E-state index in [9.17, 15) is 9.59 Å². The Hall–Kier alpha value is -1.44. The number of aromatic nitrogens is 3. The van der Waals surface area contributed by atoms with Gasteiger partial charge < -0.3 is 11.1 Å². The summed E-state index contributed by atoms with van der Waals surface area (Å²) in [5.74, 6) is -1.06. The zero-order valence-corrected chi connectivity index (χ0v) is 9.78. The number of halogens is 1. The van der Waals surface area contributed by atoms with E-state index in [-0.39, 0.29) is 5.69 Å². The molecule has 0 aliphatic rings. The van der Waals surface area contributed by atoms with Crippen molar-refractivity contribution >= 4 is 27.7 Å². The van der Waals surface area contributed by atoms with Crippen LogP contribution in [-0.4, -0.2) is 32.9 Å². The van der Waals surface area contributed by atoms with Crippen molar-refractivity contribution < 1.29 is 9.59 Å². The number of hydrogen-bond acceptors (Lipinski definition) is 4. The van der Waals surface area contributed by atoms with Gasteiger partial charge in [0.25, 0.3) is 5.91 Å². The van der Waals surface area contributed by atoms with Gasteiger partial charge in [0.05, 0.1) is 0 Å². The van der Waals surface area contributed by atoms with Gasteiger partial charge in [0.1, 0.15) is 6.04 Å². The minimum absolute atomic E-state index is 0.239. The van der Waals surface area contributed by atoms with Gasteiger partial charge >= 0.3 is 0 Å². The molecule has 3 N–H and O–H groups in total. The highest BCUT2D eigenvalue weighted by Crippen LogP contribution is 2.11. The molecular formula is C7H10BrN5O2. The Bertz CT molecular complexity index is 383. The molecule has 15 heavy (non-hydrogen) atoms. The van der Waals surface area contributed by atoms with Crippen LogP contribution in [0.1, 0.15) is 17.4 Å². The number of nitrogens with one attached hydrogen (secondary N) is 1. The van der Waals surface area contributed by atoms with E-state index in [1.54, 1.807) is 7.05 Å². The summed E-state index contributed by atoms with van der Waals surface area (Å²) in [6.07, 6.45) is 0. The fourth-order valence-corrected chi connectivity index (χ4v) is 1.42. The fourth-order valence-electron chi connectivity index (χ4n) is 0.909. The number of nitrogens with two attached hydrogens (primary N) is 1. The van der Waals surface area contributed by atoms with Crippen LogP contribution in [0.15, 0.2) is 4.60 Å². The predicted molar refractivity (Wildman–Crippen MR) is 54.8 cm³/mol. The van der Waals surface area contributed by atoms with Crippen molar-refractivity contribution in [3.63, 3.8) is 0 Å². The molecule has 1 atom stereocenters. The number of carbonyl (C=O) groups is 2. The monoisotopic (exact) mass is 275 g/mol. The van der Waals surface area contributed by atoms with Crippen LogP contribution in [0, 0.1) is 0 Å². The zero-order valence-electron chi connectivity index (χ0n) is 8.19. The van der Waals surface area contributed by atoms with E-state index in [4.69, 9.17) is 5.73 Å². The number of nitrogens with zero attached hydrogens (tertiary/aromatic N) is 3. The molecule has 1 aromatic rings. The summed E-state index contributed by atoms with van der Waals surface area (Å²) in [7, 11) is 1.57. The fraction of sp³-hybridized carbons (Fsp3) is 0.429. The molecular weight excluding hydrogens is 266 g/mol. The van der Waals surface area contributed by atoms with Gasteiger partial charge in [-0.25, -0.2) is 4.68 Å². The SMILES string of the molecule is C[C@H](NC(=O)c1c(Br)nnn1C)C(N)=O. The van der Waals surface area contributed by atoms with E-state index in [1.807, 2.05) is 0 Å². The van der Waals surface area contributed by atoms with Crippen LogP contribution < -0.4 is 11.1 Å². The second kappa shape index (κ2) is 4.39. The maximum Gasteiger partial charge on any atom is 0.273 e. The Morgan fingerprint density at radius 3 is 2.60 bits per heavy atom. The molecule has 0 saturated carbocycles. The second-order valence-electron chi connectivity index (χ2n) is 2.95. The smallest absolute Gasteiger partial charge is 0.273 e. The van der Waals surface area contributed by atoms with Crippen LogP contribution in [0.5, 0.6) is 0 Å². The molecule has 0 spiro atoms. The molecule has 0 bridgehead atoms. The van der Waals surface area contributed by atoms with Gasteiger partial charge in [-0.2, -0.15) is 0 Å². The lowest BCUT2D eigenvalue weighted by atomic mass is 10.3. The van der Waals surface area contributed by atoms with Gasteiger partial charge in [0.15, 0.2) is 10.3 Å². The quantitative estimate of drug-likeness (QED) is 0.752. The van der Waals surface area contributed by atoms with Crippen LogP contribution in [0.3, 0.4) is 0 Å². The molecule has 0 fully saturated rings. The summed E-state index contributed by atoms with van der Waals surface area (Å²) < 4.78 is 1.62. The molecule has 8 heteroatoms. The van der Waals surface area contributed by atoms with Crippen molar-refractivity contribution in [2.24, 2.45) is 12.8 Å². The molecule has 2 amide bonds. The van der Waals surface area contributed by atoms with Crippen LogP contribution in [0.25, 0.3) is 0 Å². The third-order valence-corrected chi connectivity index (χ3v) is 2.31. The summed E-state index contributed by atoms with van der Waals surface area (Å²) in [6, 6.07) is -0.737. The average Bonchev–Trinajstić information content (AvgIpc) is 2.45.